The number of benzene rings is 2. The second-order valence-electron chi connectivity index (χ2n) is 9.92. The number of anilines is 2. The normalized spacial score (nSPS) is 20.7. The van der Waals surface area contributed by atoms with Gasteiger partial charge in [0, 0.05) is 18.2 Å². The zero-order valence-corrected chi connectivity index (χ0v) is 20.0. The molecule has 0 bridgehead atoms. The molecule has 0 spiro atoms. The second kappa shape index (κ2) is 7.44. The third kappa shape index (κ3) is 3.43. The first-order chi connectivity index (χ1) is 15.6. The molecular weight excluding hydrogens is 413 g/mol. The number of aryl methyl sites for hydroxylation is 1. The summed E-state index contributed by atoms with van der Waals surface area (Å²) < 4.78 is 14.8. The monoisotopic (exact) mass is 441 g/mol. The molecule has 0 N–H and O–H groups in total. The van der Waals surface area contributed by atoms with Crippen molar-refractivity contribution in [3.63, 3.8) is 0 Å². The van der Waals surface area contributed by atoms with Gasteiger partial charge in [-0.2, -0.15) is 0 Å². The molecule has 0 amide bonds. The van der Waals surface area contributed by atoms with Crippen LogP contribution in [0.3, 0.4) is 0 Å². The lowest BCUT2D eigenvalue weighted by Gasteiger charge is -2.32. The van der Waals surface area contributed by atoms with Crippen LogP contribution in [0, 0.1) is 13.5 Å². The van der Waals surface area contributed by atoms with E-state index in [0.29, 0.717) is 5.69 Å². The Morgan fingerprint density at radius 1 is 1.00 bits per heavy atom. The Hall–Kier alpha value is -3.15. The Morgan fingerprint density at radius 2 is 1.67 bits per heavy atom. The molecule has 0 radical (unpaired) electrons. The van der Waals surface area contributed by atoms with Gasteiger partial charge in [-0.25, -0.2) is 4.85 Å². The predicted molar refractivity (Wildman–Crippen MR) is 130 cm³/mol. The van der Waals surface area contributed by atoms with Crippen molar-refractivity contribution in [1.29, 1.82) is 0 Å². The second-order valence-corrected chi connectivity index (χ2v) is 9.92. The third-order valence-electron chi connectivity index (χ3n) is 7.09. The van der Waals surface area contributed by atoms with Crippen molar-refractivity contribution >= 4 is 29.6 Å². The topological polar surface area (TPSA) is 56.8 Å². The highest BCUT2D eigenvalue weighted by molar-refractivity contribution is 6.62. The number of fused-ring (bicyclic) bond motifs is 3. The lowest BCUT2D eigenvalue weighted by Crippen LogP contribution is -2.41. The summed E-state index contributed by atoms with van der Waals surface area (Å²) in [6.45, 7) is 20.4. The van der Waals surface area contributed by atoms with Crippen LogP contribution in [0.4, 0.5) is 17.1 Å². The maximum atomic E-state index is 7.29. The van der Waals surface area contributed by atoms with E-state index in [2.05, 4.69) is 77.3 Å². The van der Waals surface area contributed by atoms with E-state index in [4.69, 9.17) is 15.9 Å². The molecule has 7 nitrogen and oxygen atoms in total. The summed E-state index contributed by atoms with van der Waals surface area (Å²) in [5.74, 6) is 1.95. The van der Waals surface area contributed by atoms with E-state index in [1.54, 1.807) is 0 Å². The smallest absolute Gasteiger partial charge is 0.399 e. The minimum absolute atomic E-state index is 0.152. The quantitative estimate of drug-likeness (QED) is 0.427. The van der Waals surface area contributed by atoms with Crippen molar-refractivity contribution in [1.82, 2.24) is 14.8 Å². The SMILES string of the molecule is [C-]#[N+]c1ccc(N2CC(C)c3nnc(C)n3-c3ccc(B4OC(C)(C)C(C)(C)O4)cc32)cc1. The van der Waals surface area contributed by atoms with Gasteiger partial charge in [0.25, 0.3) is 0 Å². The molecule has 1 saturated heterocycles. The number of hydrogen-bond donors (Lipinski definition) is 0. The number of aromatic nitrogens is 3. The largest absolute Gasteiger partial charge is 0.494 e. The Balaban J connectivity index is 1.66. The van der Waals surface area contributed by atoms with Crippen molar-refractivity contribution in [2.75, 3.05) is 11.4 Å². The fraction of sp³-hybridized carbons (Fsp3) is 0.400. The highest BCUT2D eigenvalue weighted by atomic mass is 16.7. The first kappa shape index (κ1) is 21.7. The standard InChI is InChI=1S/C25H28BN5O2/c1-16-15-30(20-11-9-19(27-7)10-12-20)22-14-18(26-32-24(3,4)25(5,6)33-26)8-13-21(22)31-17(2)28-29-23(16)31/h8-14,16H,15H2,1-6H3. The number of nitrogens with zero attached hydrogens (tertiary/aromatic N) is 5. The third-order valence-corrected chi connectivity index (χ3v) is 7.09. The molecular formula is C25H28BN5O2. The van der Waals surface area contributed by atoms with Gasteiger partial charge in [-0.3, -0.25) is 4.57 Å². The van der Waals surface area contributed by atoms with Gasteiger partial charge in [-0.1, -0.05) is 25.1 Å². The first-order valence-corrected chi connectivity index (χ1v) is 11.3. The molecule has 2 aliphatic rings. The highest BCUT2D eigenvalue weighted by Crippen LogP contribution is 2.40. The van der Waals surface area contributed by atoms with E-state index in [1.807, 2.05) is 31.2 Å². The van der Waals surface area contributed by atoms with E-state index in [1.165, 1.54) is 0 Å². The Kier molecular flexibility index (Phi) is 4.89. The molecule has 33 heavy (non-hydrogen) atoms. The van der Waals surface area contributed by atoms with Gasteiger partial charge < -0.3 is 14.2 Å². The van der Waals surface area contributed by atoms with Gasteiger partial charge in [0.1, 0.15) is 11.6 Å². The van der Waals surface area contributed by atoms with Crippen LogP contribution >= 0.6 is 0 Å². The van der Waals surface area contributed by atoms with Gasteiger partial charge in [0.2, 0.25) is 0 Å². The molecule has 1 unspecified atom stereocenters. The van der Waals surface area contributed by atoms with Crippen molar-refractivity contribution in [3.05, 3.63) is 65.5 Å². The average Bonchev–Trinajstić information content (AvgIpc) is 3.22. The van der Waals surface area contributed by atoms with Crippen LogP contribution in [0.25, 0.3) is 10.5 Å². The molecule has 3 aromatic rings. The molecule has 1 aromatic heterocycles. The highest BCUT2D eigenvalue weighted by Gasteiger charge is 2.52. The average molecular weight is 441 g/mol. The fourth-order valence-electron chi connectivity index (χ4n) is 4.47. The minimum Gasteiger partial charge on any atom is -0.399 e. The van der Waals surface area contributed by atoms with Crippen molar-refractivity contribution in [2.45, 2.75) is 58.7 Å². The molecule has 0 saturated carbocycles. The fourth-order valence-corrected chi connectivity index (χ4v) is 4.47. The van der Waals surface area contributed by atoms with E-state index >= 15 is 0 Å². The Labute approximate surface area is 195 Å². The molecule has 0 aliphatic carbocycles. The molecule has 1 fully saturated rings. The van der Waals surface area contributed by atoms with Gasteiger partial charge in [0.05, 0.1) is 29.1 Å². The summed E-state index contributed by atoms with van der Waals surface area (Å²) in [5.41, 5.74) is 3.85. The summed E-state index contributed by atoms with van der Waals surface area (Å²) in [5, 5.41) is 8.85. The van der Waals surface area contributed by atoms with Crippen LogP contribution in [-0.4, -0.2) is 39.6 Å². The van der Waals surface area contributed by atoms with Gasteiger partial charge in [-0.15, -0.1) is 10.2 Å². The summed E-state index contributed by atoms with van der Waals surface area (Å²) >= 11 is 0. The van der Waals surface area contributed by atoms with Crippen molar-refractivity contribution in [3.8, 4) is 5.69 Å². The lowest BCUT2D eigenvalue weighted by atomic mass is 9.78. The van der Waals surface area contributed by atoms with Crippen LogP contribution < -0.4 is 10.4 Å². The van der Waals surface area contributed by atoms with Crippen LogP contribution in [0.2, 0.25) is 0 Å². The van der Waals surface area contributed by atoms with Gasteiger partial charge >= 0.3 is 7.12 Å². The van der Waals surface area contributed by atoms with Crippen molar-refractivity contribution in [2.24, 2.45) is 0 Å². The lowest BCUT2D eigenvalue weighted by molar-refractivity contribution is 0.00578. The molecule has 8 heteroatoms. The molecule has 2 aromatic carbocycles. The summed E-state index contributed by atoms with van der Waals surface area (Å²) in [6, 6.07) is 14.1. The van der Waals surface area contributed by atoms with Gasteiger partial charge in [0.15, 0.2) is 5.69 Å². The molecule has 1 atom stereocenters. The maximum Gasteiger partial charge on any atom is 0.494 e. The Bertz CT molecular complexity index is 1240. The van der Waals surface area contributed by atoms with E-state index < -0.39 is 18.3 Å². The molecule has 5 rings (SSSR count). The van der Waals surface area contributed by atoms with Crippen LogP contribution in [-0.2, 0) is 9.31 Å². The van der Waals surface area contributed by atoms with Crippen molar-refractivity contribution < 1.29 is 9.31 Å². The minimum atomic E-state index is -0.450. The zero-order valence-electron chi connectivity index (χ0n) is 20.0. The van der Waals surface area contributed by atoms with Crippen LogP contribution in [0.15, 0.2) is 42.5 Å². The molecule has 168 valence electrons. The Morgan fingerprint density at radius 3 is 2.30 bits per heavy atom. The van der Waals surface area contributed by atoms with E-state index in [-0.39, 0.29) is 5.92 Å². The maximum absolute atomic E-state index is 7.29. The molecule has 3 heterocycles. The van der Waals surface area contributed by atoms with Crippen LogP contribution in [0.5, 0.6) is 0 Å². The number of hydrogen-bond acceptors (Lipinski definition) is 5. The summed E-state index contributed by atoms with van der Waals surface area (Å²) in [4.78, 5) is 5.83. The zero-order chi connectivity index (χ0) is 23.5. The van der Waals surface area contributed by atoms with Crippen LogP contribution in [0.1, 0.15) is 52.2 Å². The summed E-state index contributed by atoms with van der Waals surface area (Å²) in [7, 11) is -0.450. The van der Waals surface area contributed by atoms with E-state index in [0.717, 1.165) is 40.7 Å². The molecule has 2 aliphatic heterocycles. The number of rotatable bonds is 2. The van der Waals surface area contributed by atoms with E-state index in [9.17, 15) is 0 Å². The summed E-state index contributed by atoms with van der Waals surface area (Å²) in [6.07, 6.45) is 0. The van der Waals surface area contributed by atoms with Gasteiger partial charge in [-0.05, 0) is 64.3 Å². The predicted octanol–water partition coefficient (Wildman–Crippen LogP) is 4.68. The first-order valence-electron chi connectivity index (χ1n) is 11.3.